The minimum absolute atomic E-state index is 0.0107. The van der Waals surface area contributed by atoms with E-state index >= 15 is 0 Å². The van der Waals surface area contributed by atoms with Gasteiger partial charge in [-0.25, -0.2) is 9.97 Å². The highest BCUT2D eigenvalue weighted by molar-refractivity contribution is 5.94. The zero-order valence-corrected chi connectivity index (χ0v) is 15.1. The number of hydrogen-bond donors (Lipinski definition) is 0. The van der Waals surface area contributed by atoms with Gasteiger partial charge in [0.25, 0.3) is 5.91 Å². The molecule has 5 heteroatoms. The van der Waals surface area contributed by atoms with Crippen molar-refractivity contribution in [3.63, 3.8) is 0 Å². The molecule has 1 amide bonds. The van der Waals surface area contributed by atoms with Gasteiger partial charge in [-0.15, -0.1) is 0 Å². The Labute approximate surface area is 153 Å². The second-order valence-corrected chi connectivity index (χ2v) is 7.82. The molecule has 1 fully saturated rings. The van der Waals surface area contributed by atoms with Crippen LogP contribution in [0.15, 0.2) is 24.4 Å². The first kappa shape index (κ1) is 15.8. The summed E-state index contributed by atoms with van der Waals surface area (Å²) < 4.78 is 5.57. The monoisotopic (exact) mass is 349 g/mol. The Kier molecular flexibility index (Phi) is 3.52. The number of carbonyl (C=O) groups is 1. The van der Waals surface area contributed by atoms with E-state index < -0.39 is 0 Å². The standard InChI is InChI=1S/C21H23N3O2/c1-14-22-12-17-5-8-21(19(17)23-14)7-2-9-24(13-21)20(25)16-3-4-18-15(11-16)6-10-26-18/h3-4,11-12H,2,5-10,13H2,1H3. The van der Waals surface area contributed by atoms with E-state index in [1.807, 2.05) is 36.2 Å². The quantitative estimate of drug-likeness (QED) is 0.794. The Hall–Kier alpha value is -2.43. The Balaban J connectivity index is 1.43. The van der Waals surface area contributed by atoms with Gasteiger partial charge in [-0.3, -0.25) is 4.79 Å². The summed E-state index contributed by atoms with van der Waals surface area (Å²) in [5.74, 6) is 1.89. The normalized spacial score (nSPS) is 23.7. The van der Waals surface area contributed by atoms with Crippen molar-refractivity contribution in [1.29, 1.82) is 0 Å². The molecule has 134 valence electrons. The molecule has 2 aromatic rings. The summed E-state index contributed by atoms with van der Waals surface area (Å²) in [5.41, 5.74) is 4.39. The number of amides is 1. The number of piperidine rings is 1. The Morgan fingerprint density at radius 3 is 3.08 bits per heavy atom. The zero-order valence-electron chi connectivity index (χ0n) is 15.1. The number of aryl methyl sites for hydroxylation is 2. The van der Waals surface area contributed by atoms with Gasteiger partial charge < -0.3 is 9.64 Å². The summed E-state index contributed by atoms with van der Waals surface area (Å²) in [4.78, 5) is 24.3. The van der Waals surface area contributed by atoms with Crippen molar-refractivity contribution in [3.8, 4) is 5.75 Å². The van der Waals surface area contributed by atoms with Crippen molar-refractivity contribution in [2.45, 2.75) is 44.4 Å². The van der Waals surface area contributed by atoms with Crippen molar-refractivity contribution in [1.82, 2.24) is 14.9 Å². The third-order valence-corrected chi connectivity index (χ3v) is 6.16. The van der Waals surface area contributed by atoms with Gasteiger partial charge in [0.1, 0.15) is 11.6 Å². The van der Waals surface area contributed by atoms with Crippen molar-refractivity contribution in [2.75, 3.05) is 19.7 Å². The van der Waals surface area contributed by atoms with Crippen LogP contribution in [0, 0.1) is 6.92 Å². The van der Waals surface area contributed by atoms with Gasteiger partial charge in [-0.2, -0.15) is 0 Å². The van der Waals surface area contributed by atoms with Crippen molar-refractivity contribution < 1.29 is 9.53 Å². The highest BCUT2D eigenvalue weighted by Gasteiger charge is 2.44. The van der Waals surface area contributed by atoms with Crippen LogP contribution in [0.3, 0.4) is 0 Å². The Morgan fingerprint density at radius 1 is 1.23 bits per heavy atom. The topological polar surface area (TPSA) is 55.3 Å². The minimum atomic E-state index is 0.0107. The highest BCUT2D eigenvalue weighted by Crippen LogP contribution is 2.44. The first-order chi connectivity index (χ1) is 12.6. The van der Waals surface area contributed by atoms with Crippen LogP contribution in [0.25, 0.3) is 0 Å². The van der Waals surface area contributed by atoms with E-state index in [2.05, 4.69) is 4.98 Å². The predicted octanol–water partition coefficient (Wildman–Crippen LogP) is 2.84. The molecule has 1 spiro atoms. The molecule has 1 unspecified atom stereocenters. The number of rotatable bonds is 1. The first-order valence-corrected chi connectivity index (χ1v) is 9.53. The minimum Gasteiger partial charge on any atom is -0.493 e. The Bertz CT molecular complexity index is 891. The third-order valence-electron chi connectivity index (χ3n) is 6.16. The van der Waals surface area contributed by atoms with Gasteiger partial charge in [0, 0.05) is 36.7 Å². The smallest absolute Gasteiger partial charge is 0.253 e. The summed E-state index contributed by atoms with van der Waals surface area (Å²) >= 11 is 0. The van der Waals surface area contributed by atoms with Crippen molar-refractivity contribution >= 4 is 5.91 Å². The SMILES string of the molecule is Cc1ncc2c(n1)C1(CCCN(C(=O)c3ccc4c(c3)CCO4)C1)CC2. The molecule has 1 saturated heterocycles. The molecule has 0 saturated carbocycles. The molecule has 5 rings (SSSR count). The zero-order chi connectivity index (χ0) is 17.7. The molecule has 0 bridgehead atoms. The van der Waals surface area contributed by atoms with E-state index in [4.69, 9.17) is 9.72 Å². The van der Waals surface area contributed by atoms with E-state index in [1.54, 1.807) is 0 Å². The molecule has 5 nitrogen and oxygen atoms in total. The lowest BCUT2D eigenvalue weighted by atomic mass is 9.77. The molecule has 0 radical (unpaired) electrons. The van der Waals surface area contributed by atoms with E-state index in [9.17, 15) is 4.79 Å². The molecule has 1 atom stereocenters. The van der Waals surface area contributed by atoms with Crippen LogP contribution >= 0.6 is 0 Å². The molecule has 3 heterocycles. The lowest BCUT2D eigenvalue weighted by Gasteiger charge is -2.40. The second-order valence-electron chi connectivity index (χ2n) is 7.82. The fourth-order valence-electron chi connectivity index (χ4n) is 4.83. The van der Waals surface area contributed by atoms with Gasteiger partial charge in [-0.1, -0.05) is 0 Å². The fraction of sp³-hybridized carbons (Fsp3) is 0.476. The number of likely N-dealkylation sites (tertiary alicyclic amines) is 1. The van der Waals surface area contributed by atoms with Crippen LogP contribution < -0.4 is 4.74 Å². The molecule has 3 aliphatic rings. The average molecular weight is 349 g/mol. The largest absolute Gasteiger partial charge is 0.493 e. The van der Waals surface area contributed by atoms with Gasteiger partial charge in [-0.05, 0) is 61.9 Å². The van der Waals surface area contributed by atoms with Crippen molar-refractivity contribution in [3.05, 3.63) is 52.6 Å². The Morgan fingerprint density at radius 2 is 2.15 bits per heavy atom. The summed E-state index contributed by atoms with van der Waals surface area (Å²) in [6.45, 7) is 4.26. The van der Waals surface area contributed by atoms with E-state index in [1.165, 1.54) is 11.3 Å². The van der Waals surface area contributed by atoms with Crippen LogP contribution in [0.5, 0.6) is 5.75 Å². The lowest BCUT2D eigenvalue weighted by Crippen LogP contribution is -2.48. The fourth-order valence-corrected chi connectivity index (χ4v) is 4.83. The van der Waals surface area contributed by atoms with Crippen LogP contribution in [-0.4, -0.2) is 40.5 Å². The molecule has 0 N–H and O–H groups in total. The summed E-state index contributed by atoms with van der Waals surface area (Å²) in [6.07, 6.45) is 7.11. The van der Waals surface area contributed by atoms with E-state index in [0.717, 1.165) is 74.5 Å². The molecule has 1 aromatic heterocycles. The number of aromatic nitrogens is 2. The van der Waals surface area contributed by atoms with Gasteiger partial charge in [0.2, 0.25) is 0 Å². The predicted molar refractivity (Wildman–Crippen MR) is 97.5 cm³/mol. The maximum Gasteiger partial charge on any atom is 0.253 e. The van der Waals surface area contributed by atoms with Gasteiger partial charge in [0.15, 0.2) is 0 Å². The van der Waals surface area contributed by atoms with Gasteiger partial charge in [0.05, 0.1) is 12.3 Å². The molecule has 2 aliphatic heterocycles. The lowest BCUT2D eigenvalue weighted by molar-refractivity contribution is 0.0633. The molecular weight excluding hydrogens is 326 g/mol. The highest BCUT2D eigenvalue weighted by atomic mass is 16.5. The number of carbonyl (C=O) groups excluding carboxylic acids is 1. The molecule has 1 aliphatic carbocycles. The van der Waals surface area contributed by atoms with E-state index in [-0.39, 0.29) is 11.3 Å². The molecular formula is C21H23N3O2. The summed E-state index contributed by atoms with van der Waals surface area (Å²) in [7, 11) is 0. The van der Waals surface area contributed by atoms with E-state index in [0.29, 0.717) is 0 Å². The molecule has 1 aromatic carbocycles. The first-order valence-electron chi connectivity index (χ1n) is 9.53. The third kappa shape index (κ3) is 2.41. The van der Waals surface area contributed by atoms with Crippen molar-refractivity contribution in [2.24, 2.45) is 0 Å². The number of ether oxygens (including phenoxy) is 1. The van der Waals surface area contributed by atoms with Crippen LogP contribution in [0.4, 0.5) is 0 Å². The second kappa shape index (κ2) is 5.79. The van der Waals surface area contributed by atoms with Crippen LogP contribution in [0.2, 0.25) is 0 Å². The van der Waals surface area contributed by atoms with Gasteiger partial charge >= 0.3 is 0 Å². The number of benzene rings is 1. The number of hydrogen-bond acceptors (Lipinski definition) is 4. The van der Waals surface area contributed by atoms with Crippen LogP contribution in [0.1, 0.15) is 52.3 Å². The summed E-state index contributed by atoms with van der Waals surface area (Å²) in [5, 5.41) is 0. The maximum atomic E-state index is 13.2. The summed E-state index contributed by atoms with van der Waals surface area (Å²) in [6, 6.07) is 5.86. The van der Waals surface area contributed by atoms with Crippen LogP contribution in [-0.2, 0) is 18.3 Å². The average Bonchev–Trinajstić information content (AvgIpc) is 3.26. The number of fused-ring (bicyclic) bond motifs is 3. The maximum absolute atomic E-state index is 13.2. The number of nitrogens with zero attached hydrogens (tertiary/aromatic N) is 3. The molecule has 26 heavy (non-hydrogen) atoms.